The molecule has 2 rings (SSSR count). The van der Waals surface area contributed by atoms with Crippen molar-refractivity contribution in [2.24, 2.45) is 5.73 Å². The maximum absolute atomic E-state index is 7.70. The maximum atomic E-state index is 7.70. The summed E-state index contributed by atoms with van der Waals surface area (Å²) in [6.45, 7) is 3.86. The number of halogens is 1. The van der Waals surface area contributed by atoms with E-state index in [0.29, 0.717) is 10.6 Å². The summed E-state index contributed by atoms with van der Waals surface area (Å²) in [4.78, 5) is 8.77. The molecule has 0 amide bonds. The van der Waals surface area contributed by atoms with Crippen molar-refractivity contribution in [3.8, 4) is 0 Å². The molecular weight excluding hydrogens is 324 g/mol. The van der Waals surface area contributed by atoms with Gasteiger partial charge in [0.25, 0.3) is 0 Å². The van der Waals surface area contributed by atoms with Crippen molar-refractivity contribution in [1.82, 2.24) is 9.97 Å². The van der Waals surface area contributed by atoms with E-state index in [9.17, 15) is 0 Å². The lowest BCUT2D eigenvalue weighted by molar-refractivity contribution is 1.02. The van der Waals surface area contributed by atoms with E-state index in [1.54, 1.807) is 6.20 Å². The van der Waals surface area contributed by atoms with E-state index in [1.807, 2.05) is 32.0 Å². The number of aryl methyl sites for hydroxylation is 2. The minimum absolute atomic E-state index is 0.0274. The van der Waals surface area contributed by atoms with Crippen molar-refractivity contribution in [3.63, 3.8) is 0 Å². The molecule has 0 fully saturated rings. The summed E-state index contributed by atoms with van der Waals surface area (Å²) >= 11 is 4.86. The number of aromatic nitrogens is 2. The standard InChI is InChI=1S/C13H13BrN4S/c1-7-6-8(2)18-13(10(7)11(15)16)19-12-9(14)4-3-5-17-12/h3-6H,1-2H3,(H3,15,16). The highest BCUT2D eigenvalue weighted by Gasteiger charge is 2.14. The van der Waals surface area contributed by atoms with Crippen LogP contribution in [-0.4, -0.2) is 15.8 Å². The minimum Gasteiger partial charge on any atom is -0.384 e. The van der Waals surface area contributed by atoms with Crippen LogP contribution in [0.5, 0.6) is 0 Å². The first-order valence-electron chi connectivity index (χ1n) is 5.60. The molecule has 19 heavy (non-hydrogen) atoms. The van der Waals surface area contributed by atoms with Crippen LogP contribution in [0.15, 0.2) is 38.9 Å². The molecule has 3 N–H and O–H groups in total. The van der Waals surface area contributed by atoms with Crippen LogP contribution in [0.25, 0.3) is 0 Å². The molecule has 2 aromatic heterocycles. The second kappa shape index (κ2) is 5.71. The van der Waals surface area contributed by atoms with Crippen LogP contribution in [0.1, 0.15) is 16.8 Å². The van der Waals surface area contributed by atoms with Crippen molar-refractivity contribution in [3.05, 3.63) is 45.7 Å². The van der Waals surface area contributed by atoms with Crippen LogP contribution in [0.2, 0.25) is 0 Å². The monoisotopic (exact) mass is 336 g/mol. The van der Waals surface area contributed by atoms with E-state index >= 15 is 0 Å². The highest BCUT2D eigenvalue weighted by Crippen LogP contribution is 2.33. The van der Waals surface area contributed by atoms with Crippen LogP contribution in [0.4, 0.5) is 0 Å². The summed E-state index contributed by atoms with van der Waals surface area (Å²) in [5, 5.41) is 9.22. The Morgan fingerprint density at radius 1 is 1.37 bits per heavy atom. The minimum atomic E-state index is 0.0274. The predicted molar refractivity (Wildman–Crippen MR) is 80.8 cm³/mol. The highest BCUT2D eigenvalue weighted by atomic mass is 79.9. The molecule has 0 saturated carbocycles. The molecule has 4 nitrogen and oxygen atoms in total. The molecule has 0 atom stereocenters. The Morgan fingerprint density at radius 3 is 2.74 bits per heavy atom. The molecule has 0 radical (unpaired) electrons. The Hall–Kier alpha value is -1.40. The molecule has 0 unspecified atom stereocenters. The largest absolute Gasteiger partial charge is 0.384 e. The van der Waals surface area contributed by atoms with Gasteiger partial charge in [0.05, 0.1) is 10.0 Å². The normalized spacial score (nSPS) is 10.5. The summed E-state index contributed by atoms with van der Waals surface area (Å²) in [5.41, 5.74) is 8.18. The molecule has 0 spiro atoms. The fourth-order valence-corrected chi connectivity index (χ4v) is 3.26. The molecule has 0 aliphatic rings. The highest BCUT2D eigenvalue weighted by molar-refractivity contribution is 9.10. The zero-order valence-corrected chi connectivity index (χ0v) is 13.0. The zero-order chi connectivity index (χ0) is 14.0. The van der Waals surface area contributed by atoms with Crippen LogP contribution >= 0.6 is 27.7 Å². The summed E-state index contributed by atoms with van der Waals surface area (Å²) in [6.07, 6.45) is 1.73. The molecule has 0 saturated heterocycles. The van der Waals surface area contributed by atoms with E-state index < -0.39 is 0 Å². The average Bonchev–Trinajstić information content (AvgIpc) is 2.30. The van der Waals surface area contributed by atoms with Gasteiger partial charge in [-0.3, -0.25) is 5.41 Å². The number of nitrogens with two attached hydrogens (primary N) is 1. The Bertz CT molecular complexity index is 643. The van der Waals surface area contributed by atoms with Crippen LogP contribution in [-0.2, 0) is 0 Å². The van der Waals surface area contributed by atoms with Gasteiger partial charge >= 0.3 is 0 Å². The third-order valence-corrected chi connectivity index (χ3v) is 4.41. The summed E-state index contributed by atoms with van der Waals surface area (Å²) in [6, 6.07) is 5.70. The predicted octanol–water partition coefficient (Wildman–Crippen LogP) is 3.29. The summed E-state index contributed by atoms with van der Waals surface area (Å²) in [5.74, 6) is 0.0274. The Labute approximate surface area is 124 Å². The number of nitrogens with one attached hydrogen (secondary N) is 1. The van der Waals surface area contributed by atoms with Crippen LogP contribution in [0.3, 0.4) is 0 Å². The lowest BCUT2D eigenvalue weighted by Gasteiger charge is -2.11. The third-order valence-electron chi connectivity index (χ3n) is 2.50. The first kappa shape index (κ1) is 14.0. The first-order chi connectivity index (χ1) is 8.99. The topological polar surface area (TPSA) is 75.7 Å². The lowest BCUT2D eigenvalue weighted by atomic mass is 10.1. The van der Waals surface area contributed by atoms with Gasteiger partial charge in [-0.15, -0.1) is 0 Å². The molecule has 0 bridgehead atoms. The van der Waals surface area contributed by atoms with Gasteiger partial charge in [0.15, 0.2) is 0 Å². The number of nitrogen functional groups attached to an aromatic ring is 1. The van der Waals surface area contributed by atoms with Crippen molar-refractivity contribution < 1.29 is 0 Å². The van der Waals surface area contributed by atoms with Gasteiger partial charge in [-0.1, -0.05) is 0 Å². The second-order valence-corrected chi connectivity index (χ2v) is 5.90. The van der Waals surface area contributed by atoms with E-state index in [1.165, 1.54) is 11.8 Å². The van der Waals surface area contributed by atoms with Gasteiger partial charge in [0.1, 0.15) is 15.9 Å². The zero-order valence-electron chi connectivity index (χ0n) is 10.6. The van der Waals surface area contributed by atoms with E-state index in [4.69, 9.17) is 11.1 Å². The number of hydrogen-bond acceptors (Lipinski definition) is 4. The molecular formula is C13H13BrN4S. The van der Waals surface area contributed by atoms with Crippen LogP contribution < -0.4 is 5.73 Å². The fourth-order valence-electron chi connectivity index (χ4n) is 1.74. The number of hydrogen-bond donors (Lipinski definition) is 2. The van der Waals surface area contributed by atoms with E-state index in [-0.39, 0.29) is 5.84 Å². The first-order valence-corrected chi connectivity index (χ1v) is 7.21. The summed E-state index contributed by atoms with van der Waals surface area (Å²) < 4.78 is 0.899. The Balaban J connectivity index is 2.51. The quantitative estimate of drug-likeness (QED) is 0.666. The molecule has 0 aromatic carbocycles. The van der Waals surface area contributed by atoms with Crippen molar-refractivity contribution in [2.75, 3.05) is 0 Å². The molecule has 0 aliphatic carbocycles. The summed E-state index contributed by atoms with van der Waals surface area (Å²) in [7, 11) is 0. The SMILES string of the molecule is Cc1cc(C)c(C(=N)N)c(Sc2ncccc2Br)n1. The van der Waals surface area contributed by atoms with Crippen molar-refractivity contribution in [1.29, 1.82) is 5.41 Å². The van der Waals surface area contributed by atoms with Crippen molar-refractivity contribution in [2.45, 2.75) is 23.9 Å². The second-order valence-electron chi connectivity index (χ2n) is 4.07. The molecule has 0 aliphatic heterocycles. The third kappa shape index (κ3) is 3.13. The average molecular weight is 337 g/mol. The van der Waals surface area contributed by atoms with Gasteiger partial charge in [-0.25, -0.2) is 9.97 Å². The van der Waals surface area contributed by atoms with E-state index in [0.717, 1.165) is 20.8 Å². The van der Waals surface area contributed by atoms with Gasteiger partial charge in [-0.2, -0.15) is 0 Å². The van der Waals surface area contributed by atoms with E-state index in [2.05, 4.69) is 25.9 Å². The number of nitrogens with zero attached hydrogens (tertiary/aromatic N) is 2. The van der Waals surface area contributed by atoms with Gasteiger partial charge < -0.3 is 5.73 Å². The van der Waals surface area contributed by atoms with Crippen LogP contribution in [0, 0.1) is 19.3 Å². The lowest BCUT2D eigenvalue weighted by Crippen LogP contribution is -2.15. The molecule has 6 heteroatoms. The molecule has 2 heterocycles. The smallest absolute Gasteiger partial charge is 0.125 e. The maximum Gasteiger partial charge on any atom is 0.125 e. The number of rotatable bonds is 3. The molecule has 2 aromatic rings. The Kier molecular flexibility index (Phi) is 4.21. The Morgan fingerprint density at radius 2 is 2.11 bits per heavy atom. The molecule has 98 valence electrons. The van der Waals surface area contributed by atoms with Gasteiger partial charge in [0.2, 0.25) is 0 Å². The van der Waals surface area contributed by atoms with Gasteiger partial charge in [-0.05, 0) is 65.3 Å². The van der Waals surface area contributed by atoms with Gasteiger partial charge in [0, 0.05) is 11.9 Å². The fraction of sp³-hybridized carbons (Fsp3) is 0.154. The number of pyridine rings is 2. The number of amidine groups is 1. The van der Waals surface area contributed by atoms with Crippen molar-refractivity contribution >= 4 is 33.5 Å².